The Morgan fingerprint density at radius 1 is 1.32 bits per heavy atom. The fourth-order valence-corrected chi connectivity index (χ4v) is 7.20. The maximum absolute atomic E-state index is 12.8. The molecule has 4 aliphatic rings. The molecule has 0 aliphatic heterocycles. The van der Waals surface area contributed by atoms with E-state index >= 15 is 0 Å². The second-order valence-corrected chi connectivity index (χ2v) is 10.8. The zero-order valence-electron chi connectivity index (χ0n) is 19.3. The minimum Gasteiger partial charge on any atom is -0.451 e. The van der Waals surface area contributed by atoms with Gasteiger partial charge in [-0.05, 0) is 61.5 Å². The zero-order valence-corrected chi connectivity index (χ0v) is 19.3. The lowest BCUT2D eigenvalue weighted by atomic mass is 9.58. The van der Waals surface area contributed by atoms with Gasteiger partial charge in [0.05, 0.1) is 18.1 Å². The predicted octanol–water partition coefficient (Wildman–Crippen LogP) is 2.12. The van der Waals surface area contributed by atoms with Crippen LogP contribution in [-0.4, -0.2) is 56.9 Å². The van der Waals surface area contributed by atoms with E-state index < -0.39 is 41.9 Å². The van der Waals surface area contributed by atoms with E-state index in [0.717, 1.165) is 6.42 Å². The van der Waals surface area contributed by atoms with Gasteiger partial charge in [0.1, 0.15) is 11.7 Å². The molecule has 2 bridgehead atoms. The molecule has 1 spiro atoms. The number of fused-ring (bicyclic) bond motifs is 3. The third-order valence-corrected chi connectivity index (χ3v) is 9.14. The average molecular weight is 433 g/mol. The van der Waals surface area contributed by atoms with Crippen molar-refractivity contribution in [3.63, 3.8) is 0 Å². The molecule has 0 aromatic rings. The van der Waals surface area contributed by atoms with Gasteiger partial charge in [0.25, 0.3) is 0 Å². The quantitative estimate of drug-likeness (QED) is 0.309. The first-order chi connectivity index (χ1) is 14.4. The molecule has 2 saturated carbocycles. The molecule has 6 heteroatoms. The summed E-state index contributed by atoms with van der Waals surface area (Å²) < 4.78 is 5.81. The van der Waals surface area contributed by atoms with Crippen molar-refractivity contribution in [2.45, 2.75) is 71.9 Å². The lowest BCUT2D eigenvalue weighted by Crippen LogP contribution is -2.67. The highest BCUT2D eigenvalue weighted by molar-refractivity contribution is 5.88. The molecule has 0 saturated heterocycles. The number of esters is 1. The Kier molecular flexibility index (Phi) is 5.14. The fourth-order valence-electron chi connectivity index (χ4n) is 7.20. The second kappa shape index (κ2) is 7.01. The van der Waals surface area contributed by atoms with Crippen LogP contribution in [-0.2, 0) is 9.53 Å². The maximum atomic E-state index is 12.8. The summed E-state index contributed by atoms with van der Waals surface area (Å²) in [6, 6.07) is 0. The van der Waals surface area contributed by atoms with E-state index in [9.17, 15) is 25.2 Å². The summed E-state index contributed by atoms with van der Waals surface area (Å²) >= 11 is 0. The van der Waals surface area contributed by atoms with Crippen molar-refractivity contribution in [3.8, 4) is 0 Å². The summed E-state index contributed by atoms with van der Waals surface area (Å²) in [6.45, 7) is 11.0. The van der Waals surface area contributed by atoms with Crippen LogP contribution in [0.3, 0.4) is 0 Å². The number of carbonyl (C=O) groups excluding carboxylic acids is 1. The van der Waals surface area contributed by atoms with Crippen LogP contribution in [0, 0.1) is 34.5 Å². The van der Waals surface area contributed by atoms with E-state index in [-0.39, 0.29) is 23.2 Å². The van der Waals surface area contributed by atoms with Crippen LogP contribution < -0.4 is 0 Å². The molecule has 4 aliphatic carbocycles. The van der Waals surface area contributed by atoms with Crippen molar-refractivity contribution in [2.75, 3.05) is 6.61 Å². The SMILES string of the molecule is CC=C(C)C(=O)OC1C(CO)=CC2C3C(CC(C)C4(C=C(C)C(O)C14O)C2O)C3(C)C. The minimum atomic E-state index is -1.98. The minimum absolute atomic E-state index is 0.0325. The Hall–Kier alpha value is -1.47. The Labute approximate surface area is 184 Å². The molecular formula is C25H36O6. The summed E-state index contributed by atoms with van der Waals surface area (Å²) in [5.74, 6) is -0.548. The smallest absolute Gasteiger partial charge is 0.334 e. The summed E-state index contributed by atoms with van der Waals surface area (Å²) in [5, 5.41) is 45.6. The molecule has 2 fully saturated rings. The molecule has 0 amide bonds. The Morgan fingerprint density at radius 3 is 2.55 bits per heavy atom. The van der Waals surface area contributed by atoms with Crippen LogP contribution in [0.1, 0.15) is 48.0 Å². The van der Waals surface area contributed by atoms with Crippen molar-refractivity contribution < 1.29 is 30.0 Å². The second-order valence-electron chi connectivity index (χ2n) is 10.8. The van der Waals surface area contributed by atoms with Crippen molar-refractivity contribution >= 4 is 5.97 Å². The Bertz CT molecular complexity index is 884. The number of carbonyl (C=O) groups is 1. The van der Waals surface area contributed by atoms with E-state index in [1.807, 2.05) is 19.1 Å². The van der Waals surface area contributed by atoms with E-state index in [1.165, 1.54) is 0 Å². The first-order valence-corrected chi connectivity index (χ1v) is 11.3. The topological polar surface area (TPSA) is 107 Å². The standard InChI is InChI=1S/C25H36O6/c1-7-12(2)22(29)31-21-15(11-26)9-16-18-17(23(18,5)6)8-14(4)24(20(16)28)10-13(3)19(27)25(21,24)30/h7,9-10,14,16-21,26-28,30H,8,11H2,1-6H3. The number of allylic oxidation sites excluding steroid dienone is 1. The molecule has 172 valence electrons. The first kappa shape index (κ1) is 22.7. The molecule has 6 nitrogen and oxygen atoms in total. The van der Waals surface area contributed by atoms with E-state index in [0.29, 0.717) is 22.6 Å². The molecule has 4 rings (SSSR count). The number of aliphatic hydroxyl groups is 4. The summed E-state index contributed by atoms with van der Waals surface area (Å²) in [4.78, 5) is 12.8. The number of hydrogen-bond donors (Lipinski definition) is 4. The number of aliphatic hydroxyl groups excluding tert-OH is 3. The molecule has 0 aromatic carbocycles. The van der Waals surface area contributed by atoms with Crippen molar-refractivity contribution in [1.29, 1.82) is 0 Å². The first-order valence-electron chi connectivity index (χ1n) is 11.3. The molecule has 0 heterocycles. The Balaban J connectivity index is 1.95. The van der Waals surface area contributed by atoms with E-state index in [1.54, 1.807) is 26.8 Å². The summed E-state index contributed by atoms with van der Waals surface area (Å²) in [5.41, 5.74) is -1.90. The number of rotatable bonds is 3. The third kappa shape index (κ3) is 2.68. The highest BCUT2D eigenvalue weighted by Crippen LogP contribution is 2.72. The van der Waals surface area contributed by atoms with E-state index in [4.69, 9.17) is 4.74 Å². The van der Waals surface area contributed by atoms with Crippen LogP contribution >= 0.6 is 0 Å². The van der Waals surface area contributed by atoms with Crippen molar-refractivity contribution in [1.82, 2.24) is 0 Å². The number of ether oxygens (including phenoxy) is 1. The largest absolute Gasteiger partial charge is 0.451 e. The lowest BCUT2D eigenvalue weighted by molar-refractivity contribution is -0.224. The van der Waals surface area contributed by atoms with Gasteiger partial charge in [0, 0.05) is 11.5 Å². The average Bonchev–Trinajstić information content (AvgIpc) is 3.23. The molecule has 4 N–H and O–H groups in total. The summed E-state index contributed by atoms with van der Waals surface area (Å²) in [7, 11) is 0. The van der Waals surface area contributed by atoms with Gasteiger partial charge in [-0.3, -0.25) is 0 Å². The van der Waals surface area contributed by atoms with Gasteiger partial charge in [-0.25, -0.2) is 4.79 Å². The Morgan fingerprint density at radius 2 is 1.97 bits per heavy atom. The highest BCUT2D eigenvalue weighted by atomic mass is 16.6. The van der Waals surface area contributed by atoms with Crippen LogP contribution in [0.2, 0.25) is 0 Å². The van der Waals surface area contributed by atoms with Crippen molar-refractivity contribution in [3.05, 3.63) is 34.9 Å². The fraction of sp³-hybridized carbons (Fsp3) is 0.720. The maximum Gasteiger partial charge on any atom is 0.334 e. The lowest BCUT2D eigenvalue weighted by Gasteiger charge is -2.52. The van der Waals surface area contributed by atoms with Gasteiger partial charge in [-0.2, -0.15) is 0 Å². The monoisotopic (exact) mass is 432 g/mol. The van der Waals surface area contributed by atoms with Crippen molar-refractivity contribution in [2.24, 2.45) is 34.5 Å². The molecule has 0 aromatic heterocycles. The van der Waals surface area contributed by atoms with Crippen LogP contribution in [0.5, 0.6) is 0 Å². The van der Waals surface area contributed by atoms with Crippen LogP contribution in [0.4, 0.5) is 0 Å². The third-order valence-electron chi connectivity index (χ3n) is 9.14. The summed E-state index contributed by atoms with van der Waals surface area (Å²) in [6.07, 6.45) is 2.45. The number of hydrogen-bond acceptors (Lipinski definition) is 6. The van der Waals surface area contributed by atoms with Gasteiger partial charge in [0.15, 0.2) is 6.10 Å². The molecule has 9 atom stereocenters. The zero-order chi connectivity index (χ0) is 23.1. The molecule has 0 radical (unpaired) electrons. The molecular weight excluding hydrogens is 396 g/mol. The van der Waals surface area contributed by atoms with E-state index in [2.05, 4.69) is 13.8 Å². The van der Waals surface area contributed by atoms with Crippen LogP contribution in [0.15, 0.2) is 34.9 Å². The van der Waals surface area contributed by atoms with Gasteiger partial charge < -0.3 is 25.2 Å². The van der Waals surface area contributed by atoms with Gasteiger partial charge in [-0.15, -0.1) is 0 Å². The van der Waals surface area contributed by atoms with Gasteiger partial charge in [0.2, 0.25) is 0 Å². The predicted molar refractivity (Wildman–Crippen MR) is 116 cm³/mol. The molecule has 31 heavy (non-hydrogen) atoms. The van der Waals surface area contributed by atoms with Gasteiger partial charge >= 0.3 is 5.97 Å². The van der Waals surface area contributed by atoms with Gasteiger partial charge in [-0.1, -0.05) is 39.0 Å². The highest BCUT2D eigenvalue weighted by Gasteiger charge is 2.76. The van der Waals surface area contributed by atoms with Crippen LogP contribution in [0.25, 0.3) is 0 Å². The normalized spacial score (nSPS) is 47.9. The molecule has 9 unspecified atom stereocenters.